The lowest BCUT2D eigenvalue weighted by Crippen LogP contribution is -2.48. The van der Waals surface area contributed by atoms with Crippen molar-refractivity contribution in [3.63, 3.8) is 0 Å². The number of piperidine rings is 1. The van der Waals surface area contributed by atoms with Gasteiger partial charge >= 0.3 is 0 Å². The highest BCUT2D eigenvalue weighted by molar-refractivity contribution is 5.83. The predicted molar refractivity (Wildman–Crippen MR) is 79.4 cm³/mol. The molecule has 110 valence electrons. The number of aromatic nitrogens is 2. The number of carbonyl (C=O) groups is 1. The van der Waals surface area contributed by atoms with Crippen LogP contribution in [0.1, 0.15) is 32.6 Å². The van der Waals surface area contributed by atoms with Crippen LogP contribution in [0, 0.1) is 0 Å². The van der Waals surface area contributed by atoms with Crippen molar-refractivity contribution in [2.24, 2.45) is 5.73 Å². The Labute approximate surface area is 118 Å². The Balaban J connectivity index is 2.25. The Morgan fingerprint density at radius 3 is 3.00 bits per heavy atom. The largest absolute Gasteiger partial charge is 0.370 e. The van der Waals surface area contributed by atoms with Gasteiger partial charge in [-0.3, -0.25) is 4.79 Å². The van der Waals surface area contributed by atoms with Gasteiger partial charge in [0.25, 0.3) is 0 Å². The summed E-state index contributed by atoms with van der Waals surface area (Å²) in [5.41, 5.74) is 11.2. The Hall–Kier alpha value is -2.05. The molecule has 5 N–H and O–H groups in total. The van der Waals surface area contributed by atoms with Gasteiger partial charge in [0.05, 0.1) is 0 Å². The number of anilines is 3. The van der Waals surface area contributed by atoms with Crippen LogP contribution in [0.4, 0.5) is 17.6 Å². The minimum Gasteiger partial charge on any atom is -0.370 e. The predicted octanol–water partition coefficient (Wildman–Crippen LogP) is 0.725. The quantitative estimate of drug-likeness (QED) is 0.732. The third-order valence-corrected chi connectivity index (χ3v) is 3.41. The summed E-state index contributed by atoms with van der Waals surface area (Å²) in [6.07, 6.45) is 3.78. The fraction of sp³-hybridized carbons (Fsp3) is 0.615. The summed E-state index contributed by atoms with van der Waals surface area (Å²) in [6.45, 7) is 3.65. The molecule has 1 saturated heterocycles. The first-order chi connectivity index (χ1) is 9.61. The first-order valence-corrected chi connectivity index (χ1v) is 7.06. The van der Waals surface area contributed by atoms with Gasteiger partial charge in [0, 0.05) is 19.2 Å². The van der Waals surface area contributed by atoms with Gasteiger partial charge in [0.15, 0.2) is 0 Å². The molecule has 1 unspecified atom stereocenters. The van der Waals surface area contributed by atoms with Crippen LogP contribution in [0.2, 0.25) is 0 Å². The van der Waals surface area contributed by atoms with Gasteiger partial charge in [-0.05, 0) is 25.7 Å². The second-order valence-corrected chi connectivity index (χ2v) is 5.00. The lowest BCUT2D eigenvalue weighted by atomic mass is 10.0. The number of primary amides is 1. The summed E-state index contributed by atoms with van der Waals surface area (Å²) < 4.78 is 0. The maximum atomic E-state index is 11.6. The van der Waals surface area contributed by atoms with Crippen molar-refractivity contribution in [3.8, 4) is 0 Å². The minimum absolute atomic E-state index is 0.204. The topological polar surface area (TPSA) is 110 Å². The molecule has 1 aliphatic rings. The van der Waals surface area contributed by atoms with Crippen molar-refractivity contribution in [1.82, 2.24) is 9.97 Å². The monoisotopic (exact) mass is 278 g/mol. The molecule has 1 atom stereocenters. The van der Waals surface area contributed by atoms with Crippen LogP contribution in [0.5, 0.6) is 0 Å². The normalized spacial score (nSPS) is 18.9. The highest BCUT2D eigenvalue weighted by Crippen LogP contribution is 2.25. The summed E-state index contributed by atoms with van der Waals surface area (Å²) in [4.78, 5) is 21.9. The van der Waals surface area contributed by atoms with E-state index in [9.17, 15) is 4.79 Å². The van der Waals surface area contributed by atoms with Crippen LogP contribution in [0.25, 0.3) is 0 Å². The van der Waals surface area contributed by atoms with Gasteiger partial charge in [-0.2, -0.15) is 9.97 Å². The number of rotatable bonds is 5. The number of nitrogens with zero attached hydrogens (tertiary/aromatic N) is 3. The van der Waals surface area contributed by atoms with Crippen LogP contribution in [-0.2, 0) is 4.79 Å². The summed E-state index contributed by atoms with van der Waals surface area (Å²) in [7, 11) is 0. The third-order valence-electron chi connectivity index (χ3n) is 3.41. The van der Waals surface area contributed by atoms with Crippen molar-refractivity contribution in [2.75, 3.05) is 29.0 Å². The van der Waals surface area contributed by atoms with E-state index in [4.69, 9.17) is 11.5 Å². The molecule has 0 radical (unpaired) electrons. The highest BCUT2D eigenvalue weighted by atomic mass is 16.1. The number of hydrogen-bond acceptors (Lipinski definition) is 6. The van der Waals surface area contributed by atoms with E-state index >= 15 is 0 Å². The lowest BCUT2D eigenvalue weighted by molar-refractivity contribution is -0.119. The summed E-state index contributed by atoms with van der Waals surface area (Å²) in [5.74, 6) is 1.24. The van der Waals surface area contributed by atoms with E-state index in [2.05, 4.69) is 22.2 Å². The smallest absolute Gasteiger partial charge is 0.240 e. The molecular weight excluding hydrogens is 256 g/mol. The van der Waals surface area contributed by atoms with Crippen LogP contribution < -0.4 is 21.7 Å². The standard InChI is InChI=1S/C13H22N6O/c1-2-6-16-10-8-11(18-13(15)17-10)19-7-4-3-5-9(19)12(14)20/h8-9H,2-7H2,1H3,(H2,14,20)(H3,15,16,17,18). The zero-order valence-electron chi connectivity index (χ0n) is 11.8. The fourth-order valence-corrected chi connectivity index (χ4v) is 2.44. The average Bonchev–Trinajstić information content (AvgIpc) is 2.44. The maximum Gasteiger partial charge on any atom is 0.240 e. The number of nitrogen functional groups attached to an aromatic ring is 1. The van der Waals surface area contributed by atoms with E-state index < -0.39 is 0 Å². The van der Waals surface area contributed by atoms with Gasteiger partial charge in [-0.15, -0.1) is 0 Å². The number of nitrogens with one attached hydrogen (secondary N) is 1. The molecular formula is C13H22N6O. The molecule has 1 amide bonds. The second kappa shape index (κ2) is 6.40. The SMILES string of the molecule is CCCNc1cc(N2CCCCC2C(N)=O)nc(N)n1. The van der Waals surface area contributed by atoms with E-state index in [1.54, 1.807) is 0 Å². The molecule has 0 aliphatic carbocycles. The van der Waals surface area contributed by atoms with E-state index in [1.807, 2.05) is 11.0 Å². The maximum absolute atomic E-state index is 11.6. The van der Waals surface area contributed by atoms with Crippen molar-refractivity contribution < 1.29 is 4.79 Å². The molecule has 0 aromatic carbocycles. The summed E-state index contributed by atoms with van der Waals surface area (Å²) in [6, 6.07) is 1.52. The van der Waals surface area contributed by atoms with E-state index in [0.717, 1.165) is 38.8 Å². The molecule has 1 aliphatic heterocycles. The zero-order valence-corrected chi connectivity index (χ0v) is 11.8. The lowest BCUT2D eigenvalue weighted by Gasteiger charge is -2.34. The van der Waals surface area contributed by atoms with Gasteiger partial charge in [0.2, 0.25) is 11.9 Å². The van der Waals surface area contributed by atoms with E-state index in [-0.39, 0.29) is 17.9 Å². The average molecular weight is 278 g/mol. The molecule has 0 spiro atoms. The van der Waals surface area contributed by atoms with Crippen LogP contribution in [0.3, 0.4) is 0 Å². The molecule has 1 aromatic heterocycles. The van der Waals surface area contributed by atoms with Gasteiger partial charge in [-0.1, -0.05) is 6.92 Å². The molecule has 1 fully saturated rings. The fourth-order valence-electron chi connectivity index (χ4n) is 2.44. The van der Waals surface area contributed by atoms with Crippen LogP contribution in [-0.4, -0.2) is 35.0 Å². The first-order valence-electron chi connectivity index (χ1n) is 7.06. The first kappa shape index (κ1) is 14.4. The van der Waals surface area contributed by atoms with Gasteiger partial charge < -0.3 is 21.7 Å². The molecule has 0 saturated carbocycles. The number of amides is 1. The Morgan fingerprint density at radius 2 is 2.30 bits per heavy atom. The second-order valence-electron chi connectivity index (χ2n) is 5.00. The number of nitrogens with two attached hydrogens (primary N) is 2. The minimum atomic E-state index is -0.315. The van der Waals surface area contributed by atoms with Crippen molar-refractivity contribution in [2.45, 2.75) is 38.6 Å². The third kappa shape index (κ3) is 3.28. The molecule has 2 rings (SSSR count). The van der Waals surface area contributed by atoms with E-state index in [0.29, 0.717) is 11.6 Å². The molecule has 7 heteroatoms. The molecule has 0 bridgehead atoms. The summed E-state index contributed by atoms with van der Waals surface area (Å²) in [5, 5.41) is 3.18. The number of hydrogen-bond donors (Lipinski definition) is 3. The van der Waals surface area contributed by atoms with Crippen molar-refractivity contribution in [3.05, 3.63) is 6.07 Å². The Morgan fingerprint density at radius 1 is 1.50 bits per heavy atom. The van der Waals surface area contributed by atoms with Gasteiger partial charge in [0.1, 0.15) is 17.7 Å². The van der Waals surface area contributed by atoms with Crippen molar-refractivity contribution >= 4 is 23.5 Å². The Bertz CT molecular complexity index is 478. The Kier molecular flexibility index (Phi) is 4.60. The van der Waals surface area contributed by atoms with Gasteiger partial charge in [-0.25, -0.2) is 0 Å². The molecule has 7 nitrogen and oxygen atoms in total. The molecule has 20 heavy (non-hydrogen) atoms. The molecule has 1 aromatic rings. The molecule has 2 heterocycles. The van der Waals surface area contributed by atoms with E-state index in [1.165, 1.54) is 0 Å². The summed E-state index contributed by atoms with van der Waals surface area (Å²) >= 11 is 0. The number of carbonyl (C=O) groups excluding carboxylic acids is 1. The zero-order chi connectivity index (χ0) is 14.5. The van der Waals surface area contributed by atoms with Crippen LogP contribution >= 0.6 is 0 Å². The van der Waals surface area contributed by atoms with Crippen LogP contribution in [0.15, 0.2) is 6.07 Å². The highest BCUT2D eigenvalue weighted by Gasteiger charge is 2.28. The van der Waals surface area contributed by atoms with Crippen molar-refractivity contribution in [1.29, 1.82) is 0 Å².